The Balaban J connectivity index is 1.33. The van der Waals surface area contributed by atoms with Gasteiger partial charge in [-0.15, -0.1) is 0 Å². The molecule has 0 aromatic heterocycles. The van der Waals surface area contributed by atoms with E-state index in [4.69, 9.17) is 14.2 Å². The Bertz CT molecular complexity index is 1370. The van der Waals surface area contributed by atoms with Gasteiger partial charge in [-0.05, 0) is 62.3 Å². The molecule has 1 heterocycles. The number of hydrogen-bond acceptors (Lipinski definition) is 8. The van der Waals surface area contributed by atoms with Gasteiger partial charge < -0.3 is 40.2 Å². The second-order valence-electron chi connectivity index (χ2n) is 12.6. The number of benzene rings is 2. The van der Waals surface area contributed by atoms with Gasteiger partial charge in [0.25, 0.3) is 0 Å². The van der Waals surface area contributed by atoms with Gasteiger partial charge in [-0.2, -0.15) is 0 Å². The third-order valence-electron chi connectivity index (χ3n) is 7.70. The maximum Gasteiger partial charge on any atom is 0.407 e. The van der Waals surface area contributed by atoms with Crippen molar-refractivity contribution in [2.75, 3.05) is 39.4 Å². The average molecular weight is 637 g/mol. The van der Waals surface area contributed by atoms with Crippen LogP contribution in [-0.4, -0.2) is 90.8 Å². The Morgan fingerprint density at radius 1 is 0.957 bits per heavy atom. The third-order valence-corrected chi connectivity index (χ3v) is 7.70. The summed E-state index contributed by atoms with van der Waals surface area (Å²) in [4.78, 5) is 51.7. The molecular weight excluding hydrogens is 592 g/mol. The van der Waals surface area contributed by atoms with Crippen LogP contribution >= 0.6 is 0 Å². The normalized spacial score (nSPS) is 15.3. The molecule has 1 aliphatic carbocycles. The second kappa shape index (κ2) is 15.1. The van der Waals surface area contributed by atoms with Gasteiger partial charge in [0, 0.05) is 12.5 Å². The smallest absolute Gasteiger partial charge is 0.407 e. The van der Waals surface area contributed by atoms with Crippen molar-refractivity contribution in [3.05, 3.63) is 72.3 Å². The number of rotatable bonds is 13. The summed E-state index contributed by atoms with van der Waals surface area (Å²) < 4.78 is 15.8. The van der Waals surface area contributed by atoms with E-state index in [0.29, 0.717) is 19.4 Å². The Kier molecular flexibility index (Phi) is 11.3. The highest BCUT2D eigenvalue weighted by Crippen LogP contribution is 2.44. The number of alkyl carbamates (subject to hydrolysis) is 3. The van der Waals surface area contributed by atoms with Gasteiger partial charge in [0.2, 0.25) is 5.91 Å². The van der Waals surface area contributed by atoms with Crippen molar-refractivity contribution in [2.24, 2.45) is 0 Å². The van der Waals surface area contributed by atoms with E-state index in [2.05, 4.69) is 34.7 Å². The Morgan fingerprint density at radius 2 is 1.59 bits per heavy atom. The number of likely N-dealkylation sites (tertiary alicyclic amines) is 1. The molecular formula is C34H44N4O8. The lowest BCUT2D eigenvalue weighted by Gasteiger charge is -2.47. The Morgan fingerprint density at radius 3 is 2.20 bits per heavy atom. The standard InChI is InChI=1S/C34H44N4O8/c1-5-18-44-30(40)36-20-34(43)21-38(22-34)29(39)28(16-10-11-17-35-31(41)46-33(2,3)4)37-32(42)45-19-27-25-14-8-6-12-23(25)24-13-7-9-15-26(24)27/h5-9,12-15,27-28,43H,1,10-11,16-22H2,2-4H3,(H,35,41)(H,36,40)(H,37,42)/t28-/m0/s1. The van der Waals surface area contributed by atoms with Crippen LogP contribution in [0.5, 0.6) is 0 Å². The van der Waals surface area contributed by atoms with E-state index >= 15 is 0 Å². The topological polar surface area (TPSA) is 156 Å². The van der Waals surface area contributed by atoms with Crippen LogP contribution in [0.1, 0.15) is 57.1 Å². The molecule has 248 valence electrons. The summed E-state index contributed by atoms with van der Waals surface area (Å²) in [7, 11) is 0. The first kappa shape index (κ1) is 34.3. The summed E-state index contributed by atoms with van der Waals surface area (Å²) in [6, 6.07) is 15.1. The van der Waals surface area contributed by atoms with E-state index in [0.717, 1.165) is 22.3 Å². The fourth-order valence-corrected chi connectivity index (χ4v) is 5.59. The van der Waals surface area contributed by atoms with Gasteiger partial charge in [0.15, 0.2) is 0 Å². The van der Waals surface area contributed by atoms with Gasteiger partial charge in [-0.1, -0.05) is 61.2 Å². The number of carbonyl (C=O) groups excluding carboxylic acids is 4. The van der Waals surface area contributed by atoms with Crippen molar-refractivity contribution in [1.29, 1.82) is 0 Å². The van der Waals surface area contributed by atoms with Crippen molar-refractivity contribution in [3.8, 4) is 11.1 Å². The van der Waals surface area contributed by atoms with Crippen LogP contribution in [-0.2, 0) is 19.0 Å². The number of carbonyl (C=O) groups is 4. The molecule has 0 unspecified atom stereocenters. The van der Waals surface area contributed by atoms with E-state index < -0.39 is 35.5 Å². The molecule has 1 atom stereocenters. The van der Waals surface area contributed by atoms with Crippen molar-refractivity contribution < 1.29 is 38.5 Å². The maximum atomic E-state index is 13.5. The molecule has 1 fully saturated rings. The van der Waals surface area contributed by atoms with E-state index in [-0.39, 0.29) is 51.1 Å². The first-order valence-electron chi connectivity index (χ1n) is 15.5. The van der Waals surface area contributed by atoms with Gasteiger partial charge in [-0.25, -0.2) is 14.4 Å². The summed E-state index contributed by atoms with van der Waals surface area (Å²) in [6.45, 7) is 9.10. The molecule has 1 saturated heterocycles. The largest absolute Gasteiger partial charge is 0.449 e. The van der Waals surface area contributed by atoms with E-state index in [1.807, 2.05) is 36.4 Å². The first-order chi connectivity index (χ1) is 21.9. The van der Waals surface area contributed by atoms with Crippen molar-refractivity contribution in [3.63, 3.8) is 0 Å². The number of unbranched alkanes of at least 4 members (excludes halogenated alkanes) is 1. The zero-order chi connectivity index (χ0) is 33.3. The second-order valence-corrected chi connectivity index (χ2v) is 12.6. The molecule has 4 amide bonds. The lowest BCUT2D eigenvalue weighted by atomic mass is 9.92. The number of nitrogens with zero attached hydrogens (tertiary/aromatic N) is 1. The average Bonchev–Trinajstić information content (AvgIpc) is 3.32. The molecule has 2 aromatic rings. The molecule has 2 aromatic carbocycles. The maximum absolute atomic E-state index is 13.5. The van der Waals surface area contributed by atoms with E-state index in [9.17, 15) is 24.3 Å². The quantitative estimate of drug-likeness (QED) is 0.146. The molecule has 1 aliphatic heterocycles. The molecule has 4 N–H and O–H groups in total. The van der Waals surface area contributed by atoms with Gasteiger partial charge in [0.05, 0.1) is 19.6 Å². The molecule has 46 heavy (non-hydrogen) atoms. The van der Waals surface area contributed by atoms with Crippen LogP contribution in [0.3, 0.4) is 0 Å². The number of hydrogen-bond donors (Lipinski definition) is 4. The van der Waals surface area contributed by atoms with E-state index in [1.54, 1.807) is 20.8 Å². The minimum atomic E-state index is -1.32. The van der Waals surface area contributed by atoms with Crippen molar-refractivity contribution in [2.45, 2.75) is 63.2 Å². The summed E-state index contributed by atoms with van der Waals surface area (Å²) in [6.07, 6.45) is 0.789. The molecule has 2 aliphatic rings. The van der Waals surface area contributed by atoms with Crippen LogP contribution in [0.2, 0.25) is 0 Å². The molecule has 0 spiro atoms. The minimum absolute atomic E-state index is 0.0311. The Labute approximate surface area is 269 Å². The summed E-state index contributed by atoms with van der Waals surface area (Å²) in [5, 5.41) is 18.7. The van der Waals surface area contributed by atoms with Crippen LogP contribution in [0, 0.1) is 0 Å². The number of fused-ring (bicyclic) bond motifs is 3. The van der Waals surface area contributed by atoms with Crippen LogP contribution in [0.15, 0.2) is 61.2 Å². The minimum Gasteiger partial charge on any atom is -0.449 e. The molecule has 12 nitrogen and oxygen atoms in total. The number of amides is 4. The number of ether oxygens (including phenoxy) is 3. The lowest BCUT2D eigenvalue weighted by Crippen LogP contribution is -2.69. The summed E-state index contributed by atoms with van der Waals surface area (Å²) >= 11 is 0. The molecule has 4 rings (SSSR count). The van der Waals surface area contributed by atoms with E-state index in [1.165, 1.54) is 11.0 Å². The number of nitrogens with one attached hydrogen (secondary N) is 3. The molecule has 12 heteroatoms. The molecule has 0 radical (unpaired) electrons. The predicted octanol–water partition coefficient (Wildman–Crippen LogP) is 4.07. The lowest BCUT2D eigenvalue weighted by molar-refractivity contribution is -0.156. The zero-order valence-electron chi connectivity index (χ0n) is 26.7. The van der Waals surface area contributed by atoms with Gasteiger partial charge in [0.1, 0.15) is 30.5 Å². The summed E-state index contributed by atoms with van der Waals surface area (Å²) in [5.41, 5.74) is 2.42. The van der Waals surface area contributed by atoms with Crippen molar-refractivity contribution in [1.82, 2.24) is 20.9 Å². The zero-order valence-corrected chi connectivity index (χ0v) is 26.7. The molecule has 0 bridgehead atoms. The highest BCUT2D eigenvalue weighted by molar-refractivity contribution is 5.86. The Hall–Kier alpha value is -4.58. The highest BCUT2D eigenvalue weighted by atomic mass is 16.6. The van der Waals surface area contributed by atoms with Crippen molar-refractivity contribution >= 4 is 24.2 Å². The predicted molar refractivity (Wildman–Crippen MR) is 171 cm³/mol. The van der Waals surface area contributed by atoms with Gasteiger partial charge >= 0.3 is 18.3 Å². The first-order valence-corrected chi connectivity index (χ1v) is 15.5. The summed E-state index contributed by atoms with van der Waals surface area (Å²) in [5.74, 6) is -0.519. The fraction of sp³-hybridized carbons (Fsp3) is 0.471. The molecule has 0 saturated carbocycles. The number of aliphatic hydroxyl groups is 1. The monoisotopic (exact) mass is 636 g/mol. The fourth-order valence-electron chi connectivity index (χ4n) is 5.59. The highest BCUT2D eigenvalue weighted by Gasteiger charge is 2.45. The van der Waals surface area contributed by atoms with Crippen LogP contribution < -0.4 is 16.0 Å². The van der Waals surface area contributed by atoms with Gasteiger partial charge in [-0.3, -0.25) is 4.79 Å². The third kappa shape index (κ3) is 9.23. The SMILES string of the molecule is C=CCOC(=O)NCC1(O)CN(C(=O)[C@H](CCCCNC(=O)OC(C)(C)C)NC(=O)OCC2c3ccccc3-c3ccccc32)C1. The van der Waals surface area contributed by atoms with Crippen LogP contribution in [0.25, 0.3) is 11.1 Å². The number of β-amino-alcohol motifs (C(OH)–C–C–N with tert-alkyl or cyclic N) is 1. The van der Waals surface area contributed by atoms with Crippen LogP contribution in [0.4, 0.5) is 14.4 Å².